The van der Waals surface area contributed by atoms with E-state index in [9.17, 15) is 13.6 Å². The van der Waals surface area contributed by atoms with Crippen LogP contribution in [0.25, 0.3) is 11.4 Å². The van der Waals surface area contributed by atoms with Crippen molar-refractivity contribution in [3.05, 3.63) is 65.2 Å². The van der Waals surface area contributed by atoms with Crippen LogP contribution in [0.3, 0.4) is 0 Å². The van der Waals surface area contributed by atoms with Gasteiger partial charge in [-0.15, -0.1) is 0 Å². The maximum absolute atomic E-state index is 14.7. The van der Waals surface area contributed by atoms with E-state index in [2.05, 4.69) is 25.3 Å². The van der Waals surface area contributed by atoms with Crippen LogP contribution in [0, 0.1) is 6.92 Å². The number of hydrogen-bond donors (Lipinski definition) is 1. The Morgan fingerprint density at radius 3 is 2.61 bits per heavy atom. The fourth-order valence-electron chi connectivity index (χ4n) is 3.64. The number of alkyl halides is 2. The molecule has 1 amide bonds. The third-order valence-corrected chi connectivity index (χ3v) is 5.37. The van der Waals surface area contributed by atoms with Gasteiger partial charge in [-0.3, -0.25) is 4.79 Å². The van der Waals surface area contributed by atoms with Crippen LogP contribution in [0.4, 0.5) is 14.7 Å². The highest BCUT2D eigenvalue weighted by Gasteiger charge is 2.50. The second-order valence-electron chi connectivity index (χ2n) is 7.20. The van der Waals surface area contributed by atoms with E-state index in [4.69, 9.17) is 11.6 Å². The molecule has 7 nitrogen and oxygen atoms in total. The van der Waals surface area contributed by atoms with Crippen molar-refractivity contribution in [2.75, 3.05) is 18.4 Å². The highest BCUT2D eigenvalue weighted by molar-refractivity contribution is 6.30. The molecule has 1 N–H and O–H groups in total. The van der Waals surface area contributed by atoms with E-state index in [1.165, 1.54) is 17.3 Å². The summed E-state index contributed by atoms with van der Waals surface area (Å²) in [4.78, 5) is 31.0. The zero-order valence-electron chi connectivity index (χ0n) is 16.6. The molecule has 1 atom stereocenters. The summed E-state index contributed by atoms with van der Waals surface area (Å²) in [5, 5.41) is 3.12. The fourth-order valence-corrected chi connectivity index (χ4v) is 3.74. The van der Waals surface area contributed by atoms with Gasteiger partial charge in [0, 0.05) is 37.5 Å². The highest BCUT2D eigenvalue weighted by atomic mass is 35.5. The predicted octanol–water partition coefficient (Wildman–Crippen LogP) is 3.86. The van der Waals surface area contributed by atoms with Crippen LogP contribution in [-0.2, 0) is 0 Å². The molecular formula is C21H19ClF2N6O. The summed E-state index contributed by atoms with van der Waals surface area (Å²) in [5.41, 5.74) is 1.61. The second-order valence-corrected chi connectivity index (χ2v) is 7.64. The van der Waals surface area contributed by atoms with Crippen LogP contribution >= 0.6 is 11.6 Å². The molecule has 1 aliphatic heterocycles. The quantitative estimate of drug-likeness (QED) is 0.643. The van der Waals surface area contributed by atoms with Crippen molar-refractivity contribution in [3.8, 4) is 11.4 Å². The number of likely N-dealkylation sites (tertiary alicyclic amines) is 1. The number of nitrogens with zero attached hydrogens (tertiary/aromatic N) is 5. The molecule has 10 heteroatoms. The van der Waals surface area contributed by atoms with Crippen molar-refractivity contribution in [1.29, 1.82) is 0 Å². The van der Waals surface area contributed by atoms with E-state index in [0.717, 1.165) is 5.56 Å². The van der Waals surface area contributed by atoms with Crippen LogP contribution in [0.15, 0.2) is 49.1 Å². The zero-order chi connectivity index (χ0) is 22.0. The van der Waals surface area contributed by atoms with Crippen LogP contribution in [-0.4, -0.2) is 55.8 Å². The van der Waals surface area contributed by atoms with Crippen molar-refractivity contribution >= 4 is 23.5 Å². The average Bonchev–Trinajstić information content (AvgIpc) is 3.07. The molecule has 1 aliphatic rings. The minimum atomic E-state index is -3.05. The summed E-state index contributed by atoms with van der Waals surface area (Å²) in [6, 6.07) is 5.48. The van der Waals surface area contributed by atoms with Crippen molar-refractivity contribution in [1.82, 2.24) is 24.8 Å². The van der Waals surface area contributed by atoms with Gasteiger partial charge in [0.1, 0.15) is 6.04 Å². The summed E-state index contributed by atoms with van der Waals surface area (Å²) < 4.78 is 29.4. The Labute approximate surface area is 182 Å². The number of carbonyl (C=O) groups is 1. The first kappa shape index (κ1) is 21.0. The molecular weight excluding hydrogens is 426 g/mol. The third kappa shape index (κ3) is 4.32. The molecule has 0 spiro atoms. The number of amides is 1. The van der Waals surface area contributed by atoms with Gasteiger partial charge in [0.15, 0.2) is 5.82 Å². The first-order valence-electron chi connectivity index (χ1n) is 9.64. The molecule has 0 aliphatic carbocycles. The molecule has 1 saturated heterocycles. The van der Waals surface area contributed by atoms with Gasteiger partial charge in [-0.25, -0.2) is 28.7 Å². The molecule has 1 aromatic carbocycles. The average molecular weight is 445 g/mol. The topological polar surface area (TPSA) is 83.9 Å². The first-order chi connectivity index (χ1) is 14.9. The van der Waals surface area contributed by atoms with Crippen LogP contribution in [0.2, 0.25) is 5.02 Å². The van der Waals surface area contributed by atoms with Crippen LogP contribution < -0.4 is 5.32 Å². The van der Waals surface area contributed by atoms with Gasteiger partial charge < -0.3 is 10.2 Å². The lowest BCUT2D eigenvalue weighted by Crippen LogP contribution is -2.47. The maximum Gasteiger partial charge on any atom is 0.271 e. The maximum atomic E-state index is 14.7. The van der Waals surface area contributed by atoms with Crippen molar-refractivity contribution < 1.29 is 13.6 Å². The second kappa shape index (κ2) is 8.50. The zero-order valence-corrected chi connectivity index (χ0v) is 17.4. The Morgan fingerprint density at radius 1 is 1.19 bits per heavy atom. The summed E-state index contributed by atoms with van der Waals surface area (Å²) >= 11 is 5.76. The van der Waals surface area contributed by atoms with Gasteiger partial charge in [-0.1, -0.05) is 23.7 Å². The van der Waals surface area contributed by atoms with Crippen LogP contribution in [0.5, 0.6) is 0 Å². The molecule has 160 valence electrons. The molecule has 3 heterocycles. The Bertz CT molecular complexity index is 1080. The Balaban J connectivity index is 1.63. The Morgan fingerprint density at radius 2 is 1.90 bits per heavy atom. The normalized spacial score (nSPS) is 17.5. The number of nitrogens with one attached hydrogen (secondary N) is 1. The number of benzene rings is 1. The monoisotopic (exact) mass is 444 g/mol. The smallest absolute Gasteiger partial charge is 0.271 e. The van der Waals surface area contributed by atoms with E-state index < -0.39 is 24.3 Å². The van der Waals surface area contributed by atoms with E-state index in [1.807, 2.05) is 13.0 Å². The molecule has 0 radical (unpaired) electrons. The van der Waals surface area contributed by atoms with Gasteiger partial charge in [0.05, 0.1) is 23.0 Å². The minimum Gasteiger partial charge on any atom is -0.352 e. The van der Waals surface area contributed by atoms with Gasteiger partial charge in [-0.2, -0.15) is 0 Å². The summed E-state index contributed by atoms with van der Waals surface area (Å²) in [6.07, 6.45) is 5.46. The summed E-state index contributed by atoms with van der Waals surface area (Å²) in [7, 11) is 0. The number of anilines is 1. The van der Waals surface area contributed by atoms with E-state index in [1.54, 1.807) is 30.6 Å². The standard InChI is InChI=1S/C21H19ClF2N6O/c1-13-4-2-5-15(17(13)18-25-7-3-8-26-18)19(31)30-9-6-21(23,24)16(30)12-29-20-27-10-14(22)11-28-20/h2-5,7-8,10-11,16H,6,9,12H2,1H3,(H,27,28,29). The fraction of sp³-hybridized carbons (Fsp3) is 0.286. The van der Waals surface area contributed by atoms with Crippen molar-refractivity contribution in [2.45, 2.75) is 25.3 Å². The molecule has 0 saturated carbocycles. The number of halogens is 3. The molecule has 31 heavy (non-hydrogen) atoms. The lowest BCUT2D eigenvalue weighted by molar-refractivity contribution is -0.0248. The molecule has 1 fully saturated rings. The summed E-state index contributed by atoms with van der Waals surface area (Å²) in [5.74, 6) is -3.01. The molecule has 4 rings (SSSR count). The largest absolute Gasteiger partial charge is 0.352 e. The first-order valence-corrected chi connectivity index (χ1v) is 10.0. The third-order valence-electron chi connectivity index (χ3n) is 5.18. The van der Waals surface area contributed by atoms with Crippen molar-refractivity contribution in [2.24, 2.45) is 0 Å². The van der Waals surface area contributed by atoms with E-state index >= 15 is 0 Å². The SMILES string of the molecule is Cc1cccc(C(=O)N2CCC(F)(F)C2CNc2ncc(Cl)cn2)c1-c1ncccn1. The number of aromatic nitrogens is 4. The highest BCUT2D eigenvalue weighted by Crippen LogP contribution is 2.36. The summed E-state index contributed by atoms with van der Waals surface area (Å²) in [6.45, 7) is 1.56. The number of carbonyl (C=O) groups excluding carboxylic acids is 1. The Hall–Kier alpha value is -3.20. The molecule has 3 aromatic rings. The Kier molecular flexibility index (Phi) is 5.77. The molecule has 0 bridgehead atoms. The van der Waals surface area contributed by atoms with E-state index in [0.29, 0.717) is 16.4 Å². The van der Waals surface area contributed by atoms with Crippen molar-refractivity contribution in [3.63, 3.8) is 0 Å². The predicted molar refractivity (Wildman–Crippen MR) is 112 cm³/mol. The number of hydrogen-bond acceptors (Lipinski definition) is 6. The minimum absolute atomic E-state index is 0.0668. The number of aryl methyl sites for hydroxylation is 1. The number of rotatable bonds is 5. The lowest BCUT2D eigenvalue weighted by atomic mass is 9.99. The molecule has 1 unspecified atom stereocenters. The van der Waals surface area contributed by atoms with Gasteiger partial charge in [-0.05, 0) is 24.6 Å². The van der Waals surface area contributed by atoms with Gasteiger partial charge >= 0.3 is 0 Å². The molecule has 2 aromatic heterocycles. The lowest BCUT2D eigenvalue weighted by Gasteiger charge is -2.28. The van der Waals surface area contributed by atoms with Gasteiger partial charge in [0.2, 0.25) is 5.95 Å². The van der Waals surface area contributed by atoms with Gasteiger partial charge in [0.25, 0.3) is 11.8 Å². The van der Waals surface area contributed by atoms with E-state index in [-0.39, 0.29) is 24.6 Å². The van der Waals surface area contributed by atoms with Crippen LogP contribution in [0.1, 0.15) is 22.3 Å².